The molecular weight excluding hydrogens is 250 g/mol. The van der Waals surface area contributed by atoms with Crippen molar-refractivity contribution in [2.75, 3.05) is 0 Å². The highest BCUT2D eigenvalue weighted by Gasteiger charge is 2.13. The Balaban J connectivity index is 2.35. The van der Waals surface area contributed by atoms with Gasteiger partial charge in [-0.2, -0.15) is 0 Å². The van der Waals surface area contributed by atoms with E-state index in [0.29, 0.717) is 5.56 Å². The molecule has 1 aromatic heterocycles. The molecule has 0 amide bonds. The Labute approximate surface area is 120 Å². The largest absolute Gasteiger partial charge is 0.478 e. The van der Waals surface area contributed by atoms with Crippen LogP contribution in [0, 0.1) is 13.8 Å². The van der Waals surface area contributed by atoms with Gasteiger partial charge >= 0.3 is 5.97 Å². The predicted molar refractivity (Wildman–Crippen MR) is 82.5 cm³/mol. The van der Waals surface area contributed by atoms with E-state index in [4.69, 9.17) is 5.11 Å². The molecule has 108 valence electrons. The number of hydrogen-bond donors (Lipinski definition) is 1. The second kappa shape index (κ2) is 6.12. The van der Waals surface area contributed by atoms with E-state index in [0.717, 1.165) is 17.4 Å². The highest BCUT2D eigenvalue weighted by Crippen LogP contribution is 2.27. The lowest BCUT2D eigenvalue weighted by Gasteiger charge is -2.08. The summed E-state index contributed by atoms with van der Waals surface area (Å²) in [6.07, 6.45) is 4.95. The van der Waals surface area contributed by atoms with Crippen LogP contribution in [0.3, 0.4) is 0 Å². The first-order chi connectivity index (χ1) is 9.56. The molecular formula is C17H23NO2. The van der Waals surface area contributed by atoms with Gasteiger partial charge in [-0.25, -0.2) is 4.79 Å². The van der Waals surface area contributed by atoms with Crippen molar-refractivity contribution in [1.29, 1.82) is 0 Å². The number of carboxylic acids is 1. The average Bonchev–Trinajstić information content (AvgIpc) is 2.67. The van der Waals surface area contributed by atoms with Gasteiger partial charge in [-0.1, -0.05) is 26.2 Å². The monoisotopic (exact) mass is 273 g/mol. The van der Waals surface area contributed by atoms with E-state index in [1.54, 1.807) is 12.1 Å². The molecule has 0 aliphatic heterocycles. The molecule has 0 radical (unpaired) electrons. The molecule has 2 aromatic rings. The topological polar surface area (TPSA) is 42.2 Å². The summed E-state index contributed by atoms with van der Waals surface area (Å²) in [7, 11) is 0. The van der Waals surface area contributed by atoms with Gasteiger partial charge in [-0.15, -0.1) is 0 Å². The van der Waals surface area contributed by atoms with Crippen LogP contribution in [0.1, 0.15) is 54.2 Å². The average molecular weight is 273 g/mol. The molecule has 0 saturated carbocycles. The van der Waals surface area contributed by atoms with Crippen LogP contribution < -0.4 is 0 Å². The second-order valence-corrected chi connectivity index (χ2v) is 5.46. The molecule has 0 spiro atoms. The number of carboxylic acid groups (broad SMARTS) is 1. The number of rotatable bonds is 6. The first-order valence-corrected chi connectivity index (χ1v) is 7.39. The first kappa shape index (κ1) is 14.6. The van der Waals surface area contributed by atoms with Gasteiger partial charge in [0.1, 0.15) is 0 Å². The number of unbranched alkanes of at least 4 members (excludes halogenated alkanes) is 3. The Morgan fingerprint density at radius 3 is 2.60 bits per heavy atom. The molecule has 0 saturated heterocycles. The van der Waals surface area contributed by atoms with Crippen molar-refractivity contribution in [3.8, 4) is 0 Å². The molecule has 3 nitrogen and oxygen atoms in total. The van der Waals surface area contributed by atoms with Gasteiger partial charge < -0.3 is 9.67 Å². The number of benzene rings is 1. The Morgan fingerprint density at radius 2 is 1.95 bits per heavy atom. The van der Waals surface area contributed by atoms with Crippen molar-refractivity contribution >= 4 is 16.9 Å². The Morgan fingerprint density at radius 1 is 1.20 bits per heavy atom. The van der Waals surface area contributed by atoms with E-state index < -0.39 is 5.97 Å². The fraction of sp³-hybridized carbons (Fsp3) is 0.471. The maximum absolute atomic E-state index is 11.1. The van der Waals surface area contributed by atoms with Crippen molar-refractivity contribution < 1.29 is 9.90 Å². The second-order valence-electron chi connectivity index (χ2n) is 5.46. The summed E-state index contributed by atoms with van der Waals surface area (Å²) in [5.74, 6) is -0.861. The summed E-state index contributed by atoms with van der Waals surface area (Å²) in [6.45, 7) is 7.43. The van der Waals surface area contributed by atoms with Crippen molar-refractivity contribution in [3.05, 3.63) is 35.0 Å². The molecule has 0 aliphatic carbocycles. The first-order valence-electron chi connectivity index (χ1n) is 7.39. The molecule has 0 atom stereocenters. The van der Waals surface area contributed by atoms with Crippen LogP contribution in [0.4, 0.5) is 0 Å². The highest BCUT2D eigenvalue weighted by molar-refractivity contribution is 5.95. The highest BCUT2D eigenvalue weighted by atomic mass is 16.4. The number of hydrogen-bond acceptors (Lipinski definition) is 1. The minimum Gasteiger partial charge on any atom is -0.478 e. The van der Waals surface area contributed by atoms with E-state index in [1.807, 2.05) is 6.07 Å². The summed E-state index contributed by atoms with van der Waals surface area (Å²) in [5, 5.41) is 10.2. The van der Waals surface area contributed by atoms with Crippen LogP contribution in [0.5, 0.6) is 0 Å². The summed E-state index contributed by atoms with van der Waals surface area (Å²) >= 11 is 0. The van der Waals surface area contributed by atoms with Crippen LogP contribution in [0.2, 0.25) is 0 Å². The third-order valence-electron chi connectivity index (χ3n) is 4.12. The molecule has 0 unspecified atom stereocenters. The van der Waals surface area contributed by atoms with Gasteiger partial charge in [0.2, 0.25) is 0 Å². The predicted octanol–water partition coefficient (Wildman–Crippen LogP) is 4.54. The quantitative estimate of drug-likeness (QED) is 0.785. The van der Waals surface area contributed by atoms with Crippen molar-refractivity contribution in [2.45, 2.75) is 53.0 Å². The van der Waals surface area contributed by atoms with Crippen LogP contribution in [0.25, 0.3) is 10.9 Å². The van der Waals surface area contributed by atoms with Crippen molar-refractivity contribution in [2.24, 2.45) is 0 Å². The third-order valence-corrected chi connectivity index (χ3v) is 4.12. The zero-order valence-corrected chi connectivity index (χ0v) is 12.6. The number of fused-ring (bicyclic) bond motifs is 1. The van der Waals surface area contributed by atoms with Crippen molar-refractivity contribution in [3.63, 3.8) is 0 Å². The van der Waals surface area contributed by atoms with Crippen molar-refractivity contribution in [1.82, 2.24) is 4.57 Å². The molecule has 0 bridgehead atoms. The smallest absolute Gasteiger partial charge is 0.335 e. The third kappa shape index (κ3) is 2.72. The lowest BCUT2D eigenvalue weighted by Crippen LogP contribution is -2.01. The van der Waals surface area contributed by atoms with Gasteiger partial charge in [-0.05, 0) is 44.0 Å². The normalized spacial score (nSPS) is 11.2. The summed E-state index contributed by atoms with van der Waals surface area (Å²) in [5.41, 5.74) is 3.96. The molecule has 2 rings (SSSR count). The van der Waals surface area contributed by atoms with Gasteiger partial charge in [-0.3, -0.25) is 0 Å². The Kier molecular flexibility index (Phi) is 4.48. The molecule has 3 heteroatoms. The molecule has 0 aliphatic rings. The van der Waals surface area contributed by atoms with E-state index in [-0.39, 0.29) is 0 Å². The lowest BCUT2D eigenvalue weighted by molar-refractivity contribution is 0.0697. The van der Waals surface area contributed by atoms with Gasteiger partial charge in [0.15, 0.2) is 0 Å². The lowest BCUT2D eigenvalue weighted by atomic mass is 10.1. The molecule has 1 N–H and O–H groups in total. The Hall–Kier alpha value is -1.77. The molecule has 1 heterocycles. The maximum atomic E-state index is 11.1. The number of aromatic nitrogens is 1. The fourth-order valence-electron chi connectivity index (χ4n) is 2.77. The zero-order chi connectivity index (χ0) is 14.7. The SMILES string of the molecule is CCCCCCn1c(C)c(C)c2cc(C(=O)O)ccc21. The van der Waals surface area contributed by atoms with Gasteiger partial charge in [0, 0.05) is 23.1 Å². The van der Waals surface area contributed by atoms with Crippen LogP contribution in [-0.2, 0) is 6.54 Å². The Bertz CT molecular complexity index is 625. The number of nitrogens with zero attached hydrogens (tertiary/aromatic N) is 1. The van der Waals surface area contributed by atoms with E-state index in [9.17, 15) is 4.79 Å². The fourth-order valence-corrected chi connectivity index (χ4v) is 2.77. The molecule has 20 heavy (non-hydrogen) atoms. The zero-order valence-electron chi connectivity index (χ0n) is 12.6. The van der Waals surface area contributed by atoms with Crippen LogP contribution >= 0.6 is 0 Å². The molecule has 1 aromatic carbocycles. The van der Waals surface area contributed by atoms with Gasteiger partial charge in [0.25, 0.3) is 0 Å². The summed E-state index contributed by atoms with van der Waals surface area (Å²) in [6, 6.07) is 5.44. The summed E-state index contributed by atoms with van der Waals surface area (Å²) < 4.78 is 2.33. The minimum atomic E-state index is -0.861. The number of aromatic carboxylic acids is 1. The number of carbonyl (C=O) groups is 1. The molecule has 0 fully saturated rings. The van der Waals surface area contributed by atoms with E-state index >= 15 is 0 Å². The van der Waals surface area contributed by atoms with Crippen LogP contribution in [0.15, 0.2) is 18.2 Å². The van der Waals surface area contributed by atoms with Crippen LogP contribution in [-0.4, -0.2) is 15.6 Å². The van der Waals surface area contributed by atoms with E-state index in [2.05, 4.69) is 25.3 Å². The summed E-state index contributed by atoms with van der Waals surface area (Å²) in [4.78, 5) is 11.1. The van der Waals surface area contributed by atoms with E-state index in [1.165, 1.54) is 36.9 Å². The maximum Gasteiger partial charge on any atom is 0.335 e. The van der Waals surface area contributed by atoms with Gasteiger partial charge in [0.05, 0.1) is 5.56 Å². The minimum absolute atomic E-state index is 0.365. The number of aryl methyl sites for hydroxylation is 2. The standard InChI is InChI=1S/C17H23NO2/c1-4-5-6-7-10-18-13(3)12(2)15-11-14(17(19)20)8-9-16(15)18/h8-9,11H,4-7,10H2,1-3H3,(H,19,20).